The molecule has 0 bridgehead atoms. The molecular formula is C26H32O3. The maximum absolute atomic E-state index is 13.6. The van der Waals surface area contributed by atoms with E-state index in [0.717, 1.165) is 53.5 Å². The molecule has 2 aromatic rings. The van der Waals surface area contributed by atoms with E-state index in [-0.39, 0.29) is 29.3 Å². The molecular weight excluding hydrogens is 360 g/mol. The molecule has 1 fully saturated rings. The minimum absolute atomic E-state index is 0.0169. The van der Waals surface area contributed by atoms with Gasteiger partial charge in [0.2, 0.25) is 0 Å². The first-order chi connectivity index (χ1) is 13.9. The van der Waals surface area contributed by atoms with Crippen LogP contribution in [0.1, 0.15) is 63.1 Å². The zero-order chi connectivity index (χ0) is 21.0. The van der Waals surface area contributed by atoms with E-state index in [9.17, 15) is 9.59 Å². The van der Waals surface area contributed by atoms with E-state index in [1.54, 1.807) is 7.11 Å². The molecule has 1 aliphatic rings. The summed E-state index contributed by atoms with van der Waals surface area (Å²) in [5.74, 6) is -0.105. The number of hydrogen-bond acceptors (Lipinski definition) is 3. The molecule has 1 saturated carbocycles. The number of Topliss-reactive ketones (excluding diaryl/α,β-unsaturated/α-hetero) is 2. The summed E-state index contributed by atoms with van der Waals surface area (Å²) in [6.45, 7) is 6.34. The van der Waals surface area contributed by atoms with Crippen LogP contribution in [-0.4, -0.2) is 25.3 Å². The molecule has 0 aromatic heterocycles. The molecule has 3 unspecified atom stereocenters. The van der Waals surface area contributed by atoms with Crippen LogP contribution < -0.4 is 0 Å². The Morgan fingerprint density at radius 2 is 1.66 bits per heavy atom. The van der Waals surface area contributed by atoms with E-state index in [4.69, 9.17) is 4.74 Å². The average Bonchev–Trinajstić information content (AvgIpc) is 2.73. The van der Waals surface area contributed by atoms with Crippen LogP contribution in [-0.2, 0) is 4.74 Å². The molecule has 0 aliphatic heterocycles. The molecule has 3 atom stereocenters. The lowest BCUT2D eigenvalue weighted by Gasteiger charge is -2.36. The summed E-state index contributed by atoms with van der Waals surface area (Å²) in [5.41, 5.74) is 4.64. The van der Waals surface area contributed by atoms with E-state index in [2.05, 4.69) is 0 Å². The normalized spacial score (nSPS) is 20.3. The lowest BCUT2D eigenvalue weighted by molar-refractivity contribution is 0.0494. The third-order valence-corrected chi connectivity index (χ3v) is 6.43. The van der Waals surface area contributed by atoms with Gasteiger partial charge < -0.3 is 4.74 Å². The van der Waals surface area contributed by atoms with Gasteiger partial charge in [-0.2, -0.15) is 0 Å². The predicted molar refractivity (Wildman–Crippen MR) is 117 cm³/mol. The first-order valence-corrected chi connectivity index (χ1v) is 10.6. The SMILES string of the molecule is COCC(C(=O)c1ccccc1C)C1CCCCC1C(=O)c1cc(C)ccc1C. The van der Waals surface area contributed by atoms with Crippen LogP contribution >= 0.6 is 0 Å². The van der Waals surface area contributed by atoms with Crippen LogP contribution in [0.2, 0.25) is 0 Å². The second kappa shape index (κ2) is 9.49. The van der Waals surface area contributed by atoms with Crippen LogP contribution in [0, 0.1) is 38.5 Å². The third-order valence-electron chi connectivity index (χ3n) is 6.43. The van der Waals surface area contributed by atoms with Crippen molar-refractivity contribution in [3.63, 3.8) is 0 Å². The molecule has 3 nitrogen and oxygen atoms in total. The Kier molecular flexibility index (Phi) is 7.02. The lowest BCUT2D eigenvalue weighted by Crippen LogP contribution is -2.38. The smallest absolute Gasteiger partial charge is 0.168 e. The van der Waals surface area contributed by atoms with Gasteiger partial charge in [0.15, 0.2) is 11.6 Å². The number of ketones is 2. The standard InChI is InChI=1S/C26H32O3/c1-17-13-14-19(3)23(15-17)26(28)22-12-8-7-11-21(22)24(16-29-4)25(27)20-10-6-5-9-18(20)2/h5-6,9-10,13-15,21-22,24H,7-8,11-12,16H2,1-4H3. The van der Waals surface area contributed by atoms with Gasteiger partial charge in [0, 0.05) is 30.1 Å². The Morgan fingerprint density at radius 1 is 0.966 bits per heavy atom. The Bertz CT molecular complexity index is 883. The minimum Gasteiger partial charge on any atom is -0.384 e. The van der Waals surface area contributed by atoms with E-state index in [1.807, 2.05) is 63.2 Å². The highest BCUT2D eigenvalue weighted by Gasteiger charge is 2.40. The molecule has 1 aliphatic carbocycles. The Labute approximate surface area is 174 Å². The Hall–Kier alpha value is -2.26. The zero-order valence-electron chi connectivity index (χ0n) is 18.0. The zero-order valence-corrected chi connectivity index (χ0v) is 18.0. The van der Waals surface area contributed by atoms with Gasteiger partial charge in [0.25, 0.3) is 0 Å². The number of carbonyl (C=O) groups is 2. The summed E-state index contributed by atoms with van der Waals surface area (Å²) < 4.78 is 5.48. The number of hydrogen-bond donors (Lipinski definition) is 0. The van der Waals surface area contributed by atoms with Crippen molar-refractivity contribution in [2.45, 2.75) is 46.5 Å². The molecule has 0 spiro atoms. The van der Waals surface area contributed by atoms with E-state index < -0.39 is 0 Å². The van der Waals surface area contributed by atoms with Crippen molar-refractivity contribution in [1.29, 1.82) is 0 Å². The fourth-order valence-electron chi connectivity index (χ4n) is 4.79. The van der Waals surface area contributed by atoms with E-state index >= 15 is 0 Å². The van der Waals surface area contributed by atoms with Gasteiger partial charge in [0.1, 0.15) is 0 Å². The quantitative estimate of drug-likeness (QED) is 0.564. The summed E-state index contributed by atoms with van der Waals surface area (Å²) in [5, 5.41) is 0. The van der Waals surface area contributed by atoms with Crippen molar-refractivity contribution in [3.8, 4) is 0 Å². The van der Waals surface area contributed by atoms with Crippen molar-refractivity contribution in [1.82, 2.24) is 0 Å². The first kappa shape index (κ1) is 21.4. The predicted octanol–water partition coefficient (Wildman–Crippen LogP) is 5.75. The average molecular weight is 393 g/mol. The number of ether oxygens (including phenoxy) is 1. The molecule has 3 heteroatoms. The topological polar surface area (TPSA) is 43.4 Å². The second-order valence-electron chi connectivity index (χ2n) is 8.48. The molecule has 0 heterocycles. The van der Waals surface area contributed by atoms with Crippen molar-refractivity contribution in [2.24, 2.45) is 17.8 Å². The summed E-state index contributed by atoms with van der Waals surface area (Å²) in [4.78, 5) is 27.1. The van der Waals surface area contributed by atoms with Gasteiger partial charge in [0.05, 0.1) is 6.61 Å². The highest BCUT2D eigenvalue weighted by atomic mass is 16.5. The molecule has 2 aromatic carbocycles. The van der Waals surface area contributed by atoms with Crippen molar-refractivity contribution < 1.29 is 14.3 Å². The van der Waals surface area contributed by atoms with Gasteiger partial charge in [-0.25, -0.2) is 0 Å². The number of benzene rings is 2. The maximum atomic E-state index is 13.6. The third kappa shape index (κ3) is 4.67. The Balaban J connectivity index is 1.95. The van der Waals surface area contributed by atoms with Crippen molar-refractivity contribution >= 4 is 11.6 Å². The van der Waals surface area contributed by atoms with Gasteiger partial charge in [-0.05, 0) is 56.7 Å². The van der Waals surface area contributed by atoms with Crippen molar-refractivity contribution in [2.75, 3.05) is 13.7 Å². The van der Waals surface area contributed by atoms with Crippen LogP contribution in [0.3, 0.4) is 0 Å². The molecule has 0 saturated heterocycles. The van der Waals surface area contributed by atoms with Crippen LogP contribution in [0.5, 0.6) is 0 Å². The number of carbonyl (C=O) groups excluding carboxylic acids is 2. The van der Waals surface area contributed by atoms with Gasteiger partial charge in [-0.3, -0.25) is 9.59 Å². The molecule has 154 valence electrons. The maximum Gasteiger partial charge on any atom is 0.168 e. The highest BCUT2D eigenvalue weighted by Crippen LogP contribution is 2.39. The molecule has 0 radical (unpaired) electrons. The second-order valence-corrected chi connectivity index (χ2v) is 8.48. The highest BCUT2D eigenvalue weighted by molar-refractivity contribution is 6.02. The van der Waals surface area contributed by atoms with Crippen molar-refractivity contribution in [3.05, 3.63) is 70.3 Å². The van der Waals surface area contributed by atoms with Crippen LogP contribution in [0.4, 0.5) is 0 Å². The molecule has 0 amide bonds. The fraction of sp³-hybridized carbons (Fsp3) is 0.462. The lowest BCUT2D eigenvalue weighted by atomic mass is 9.67. The molecule has 3 rings (SSSR count). The summed E-state index contributed by atoms with van der Waals surface area (Å²) >= 11 is 0. The number of aryl methyl sites for hydroxylation is 3. The largest absolute Gasteiger partial charge is 0.384 e. The first-order valence-electron chi connectivity index (χ1n) is 10.6. The van der Waals surface area contributed by atoms with E-state index in [1.165, 1.54) is 0 Å². The molecule has 0 N–H and O–H groups in total. The fourth-order valence-corrected chi connectivity index (χ4v) is 4.79. The van der Waals surface area contributed by atoms with Crippen LogP contribution in [0.15, 0.2) is 42.5 Å². The van der Waals surface area contributed by atoms with Crippen LogP contribution in [0.25, 0.3) is 0 Å². The summed E-state index contributed by atoms with van der Waals surface area (Å²) in [7, 11) is 1.64. The number of rotatable bonds is 7. The van der Waals surface area contributed by atoms with E-state index in [0.29, 0.717) is 6.61 Å². The number of methoxy groups -OCH3 is 1. The Morgan fingerprint density at radius 3 is 2.38 bits per heavy atom. The monoisotopic (exact) mass is 392 g/mol. The van der Waals surface area contributed by atoms with Gasteiger partial charge >= 0.3 is 0 Å². The van der Waals surface area contributed by atoms with Gasteiger partial charge in [-0.15, -0.1) is 0 Å². The summed E-state index contributed by atoms with van der Waals surface area (Å²) in [6, 6.07) is 13.8. The molecule has 29 heavy (non-hydrogen) atoms. The summed E-state index contributed by atoms with van der Waals surface area (Å²) in [6.07, 6.45) is 3.84. The minimum atomic E-state index is -0.291. The van der Waals surface area contributed by atoms with Gasteiger partial charge in [-0.1, -0.05) is 54.8 Å².